The summed E-state index contributed by atoms with van der Waals surface area (Å²) in [6, 6.07) is 5.60. The summed E-state index contributed by atoms with van der Waals surface area (Å²) >= 11 is 3.19. The summed E-state index contributed by atoms with van der Waals surface area (Å²) < 4.78 is 25.6. The molecule has 0 radical (unpaired) electrons. The normalized spacial score (nSPS) is 12.5. The molecule has 0 fully saturated rings. The van der Waals surface area contributed by atoms with Gasteiger partial charge in [0.1, 0.15) is 0 Å². The number of halogens is 1. The van der Waals surface area contributed by atoms with Crippen LogP contribution >= 0.6 is 15.9 Å². The summed E-state index contributed by atoms with van der Waals surface area (Å²) in [4.78, 5) is 10.1. The number of terminal acetylenes is 1. The van der Waals surface area contributed by atoms with Gasteiger partial charge in [0.15, 0.2) is 0 Å². The number of nitrogens with one attached hydrogen (secondary N) is 1. The molecule has 0 aliphatic heterocycles. The number of sulfone groups is 1. The van der Waals surface area contributed by atoms with Gasteiger partial charge in [0.2, 0.25) is 0 Å². The molecular weight excluding hydrogens is 384 g/mol. The minimum atomic E-state index is -4.25. The van der Waals surface area contributed by atoms with Crippen molar-refractivity contribution in [1.29, 1.82) is 0 Å². The molecule has 0 unspecified atom stereocenters. The minimum absolute atomic E-state index is 0.162. The molecule has 124 valence electrons. The lowest BCUT2D eigenvalue weighted by atomic mass is 9.94. The van der Waals surface area contributed by atoms with E-state index in [1.54, 1.807) is 0 Å². The second-order valence-corrected chi connectivity index (χ2v) is 7.59. The van der Waals surface area contributed by atoms with E-state index in [-0.39, 0.29) is 4.90 Å². The van der Waals surface area contributed by atoms with Crippen molar-refractivity contribution in [3.63, 3.8) is 0 Å². The molecule has 6 nitrogen and oxygen atoms in total. The van der Waals surface area contributed by atoms with Gasteiger partial charge in [-0.2, -0.15) is 0 Å². The van der Waals surface area contributed by atoms with Crippen molar-refractivity contribution < 1.29 is 13.3 Å². The van der Waals surface area contributed by atoms with Crippen LogP contribution in [-0.2, 0) is 9.84 Å². The quantitative estimate of drug-likeness (QED) is 0.431. The standard InChI is InChI=1S/C15H17BrN2O4S/c1-4-15(5-2,6-3)17-11-14(18(19)20)23(21,22)13-9-7-12(16)8-10-13/h1,7-11,17H,5-6H2,2-3H3/b14-11-. The third-order valence-corrected chi connectivity index (χ3v) is 5.77. The first kappa shape index (κ1) is 19.2. The first-order chi connectivity index (χ1) is 10.7. The Labute approximate surface area is 144 Å². The number of benzene rings is 1. The molecular formula is C15H17BrN2O4S. The first-order valence-electron chi connectivity index (χ1n) is 6.83. The largest absolute Gasteiger partial charge is 0.379 e. The molecule has 1 aromatic rings. The lowest BCUT2D eigenvalue weighted by molar-refractivity contribution is -0.412. The molecule has 0 atom stereocenters. The summed E-state index contributed by atoms with van der Waals surface area (Å²) in [7, 11) is -4.25. The predicted molar refractivity (Wildman–Crippen MR) is 91.7 cm³/mol. The van der Waals surface area contributed by atoms with Gasteiger partial charge in [-0.25, -0.2) is 8.42 Å². The zero-order chi connectivity index (χ0) is 17.7. The summed E-state index contributed by atoms with van der Waals surface area (Å²) in [5.41, 5.74) is -0.823. The molecule has 0 aliphatic rings. The average molecular weight is 401 g/mol. The molecule has 0 saturated carbocycles. The van der Waals surface area contributed by atoms with Gasteiger partial charge in [-0.15, -0.1) is 6.42 Å². The van der Waals surface area contributed by atoms with Gasteiger partial charge in [0, 0.05) is 4.47 Å². The van der Waals surface area contributed by atoms with Gasteiger partial charge < -0.3 is 5.32 Å². The Morgan fingerprint density at radius 2 is 1.91 bits per heavy atom. The fourth-order valence-electron chi connectivity index (χ4n) is 1.86. The molecule has 0 amide bonds. The molecule has 0 saturated heterocycles. The fraction of sp³-hybridized carbons (Fsp3) is 0.333. The Balaban J connectivity index is 3.31. The molecule has 0 heterocycles. The van der Waals surface area contributed by atoms with E-state index in [0.717, 1.165) is 6.20 Å². The lowest BCUT2D eigenvalue weighted by Crippen LogP contribution is -2.40. The minimum Gasteiger partial charge on any atom is -0.369 e. The van der Waals surface area contributed by atoms with E-state index in [1.165, 1.54) is 24.3 Å². The number of rotatable bonds is 7. The Morgan fingerprint density at radius 1 is 1.39 bits per heavy atom. The van der Waals surface area contributed by atoms with E-state index >= 15 is 0 Å². The van der Waals surface area contributed by atoms with Crippen molar-refractivity contribution in [3.8, 4) is 12.3 Å². The third-order valence-electron chi connectivity index (χ3n) is 3.53. The zero-order valence-electron chi connectivity index (χ0n) is 12.7. The van der Waals surface area contributed by atoms with Crippen LogP contribution in [0.1, 0.15) is 26.7 Å². The highest BCUT2D eigenvalue weighted by Gasteiger charge is 2.33. The van der Waals surface area contributed by atoms with Gasteiger partial charge in [0.25, 0.3) is 9.84 Å². The van der Waals surface area contributed by atoms with Gasteiger partial charge in [-0.05, 0) is 37.1 Å². The van der Waals surface area contributed by atoms with Crippen molar-refractivity contribution >= 4 is 25.8 Å². The van der Waals surface area contributed by atoms with E-state index in [9.17, 15) is 18.5 Å². The molecule has 1 aromatic carbocycles. The van der Waals surface area contributed by atoms with Gasteiger partial charge in [-0.3, -0.25) is 10.1 Å². The van der Waals surface area contributed by atoms with E-state index in [2.05, 4.69) is 27.2 Å². The maximum absolute atomic E-state index is 12.5. The molecule has 1 N–H and O–H groups in total. The zero-order valence-corrected chi connectivity index (χ0v) is 15.1. The Morgan fingerprint density at radius 3 is 2.30 bits per heavy atom. The maximum atomic E-state index is 12.5. The lowest BCUT2D eigenvalue weighted by Gasteiger charge is -2.25. The van der Waals surface area contributed by atoms with Gasteiger partial charge >= 0.3 is 5.03 Å². The van der Waals surface area contributed by atoms with Crippen molar-refractivity contribution in [2.45, 2.75) is 37.1 Å². The fourth-order valence-corrected chi connectivity index (χ4v) is 3.27. The smallest absolute Gasteiger partial charge is 0.369 e. The molecule has 0 aliphatic carbocycles. The van der Waals surface area contributed by atoms with E-state index < -0.39 is 25.3 Å². The summed E-state index contributed by atoms with van der Waals surface area (Å²) in [5, 5.41) is 13.0. The topological polar surface area (TPSA) is 89.3 Å². The summed E-state index contributed by atoms with van der Waals surface area (Å²) in [6.07, 6.45) is 7.34. The molecule has 0 bridgehead atoms. The Kier molecular flexibility index (Phi) is 6.36. The number of nitrogens with zero attached hydrogens (tertiary/aromatic N) is 1. The van der Waals surface area contributed by atoms with Crippen molar-refractivity contribution in [1.82, 2.24) is 5.32 Å². The molecule has 0 spiro atoms. The van der Waals surface area contributed by atoms with Gasteiger partial charge in [0.05, 0.1) is 21.6 Å². The second-order valence-electron chi connectivity index (χ2n) is 4.77. The molecule has 0 aromatic heterocycles. The Bertz CT molecular complexity index is 745. The average Bonchev–Trinajstić information content (AvgIpc) is 2.52. The summed E-state index contributed by atoms with van der Waals surface area (Å²) in [5.74, 6) is 2.53. The number of hydrogen-bond donors (Lipinski definition) is 1. The predicted octanol–water partition coefficient (Wildman–Crippen LogP) is 3.08. The monoisotopic (exact) mass is 400 g/mol. The highest BCUT2D eigenvalue weighted by atomic mass is 79.9. The van der Waals surface area contributed by atoms with E-state index in [1.807, 2.05) is 13.8 Å². The molecule has 1 rings (SSSR count). The Hall–Kier alpha value is -1.85. The number of hydrogen-bond acceptors (Lipinski definition) is 5. The van der Waals surface area contributed by atoms with Crippen LogP contribution < -0.4 is 5.32 Å². The third kappa shape index (κ3) is 4.33. The van der Waals surface area contributed by atoms with Crippen LogP contribution in [0.5, 0.6) is 0 Å². The first-order valence-corrected chi connectivity index (χ1v) is 9.10. The number of nitro groups is 1. The molecule has 8 heteroatoms. The SMILES string of the molecule is C#CC(CC)(CC)N/C=C(/[N+](=O)[O-])S(=O)(=O)c1ccc(Br)cc1. The highest BCUT2D eigenvalue weighted by molar-refractivity contribution is 9.10. The van der Waals surface area contributed by atoms with Crippen LogP contribution in [0.4, 0.5) is 0 Å². The van der Waals surface area contributed by atoms with Crippen molar-refractivity contribution in [3.05, 3.63) is 50.1 Å². The highest BCUT2D eigenvalue weighted by Crippen LogP contribution is 2.22. The van der Waals surface area contributed by atoms with E-state index in [4.69, 9.17) is 6.42 Å². The van der Waals surface area contributed by atoms with Crippen LogP contribution in [0, 0.1) is 22.5 Å². The maximum Gasteiger partial charge on any atom is 0.379 e. The second kappa shape index (κ2) is 7.62. The summed E-state index contributed by atoms with van der Waals surface area (Å²) in [6.45, 7) is 3.64. The van der Waals surface area contributed by atoms with E-state index in [0.29, 0.717) is 17.3 Å². The van der Waals surface area contributed by atoms with Gasteiger partial charge in [-0.1, -0.05) is 35.7 Å². The van der Waals surface area contributed by atoms with Crippen LogP contribution in [0.25, 0.3) is 0 Å². The van der Waals surface area contributed by atoms with Crippen LogP contribution in [0.2, 0.25) is 0 Å². The van der Waals surface area contributed by atoms with Crippen molar-refractivity contribution in [2.24, 2.45) is 0 Å². The molecule has 23 heavy (non-hydrogen) atoms. The van der Waals surface area contributed by atoms with Crippen LogP contribution in [0.15, 0.2) is 44.9 Å². The van der Waals surface area contributed by atoms with Crippen LogP contribution in [-0.4, -0.2) is 18.9 Å². The van der Waals surface area contributed by atoms with Crippen LogP contribution in [0.3, 0.4) is 0 Å². The van der Waals surface area contributed by atoms with Crippen molar-refractivity contribution in [2.75, 3.05) is 0 Å².